The molecule has 2 amide bonds. The number of imidazole rings is 1. The summed E-state index contributed by atoms with van der Waals surface area (Å²) in [5, 5.41) is 2.75. The van der Waals surface area contributed by atoms with Crippen molar-refractivity contribution in [1.29, 1.82) is 0 Å². The maximum atomic E-state index is 12.7. The van der Waals surface area contributed by atoms with E-state index in [1.165, 1.54) is 0 Å². The Kier molecular flexibility index (Phi) is 5.18. The van der Waals surface area contributed by atoms with E-state index in [2.05, 4.69) is 10.3 Å². The van der Waals surface area contributed by atoms with Crippen molar-refractivity contribution >= 4 is 22.8 Å². The fraction of sp³-hybridized carbons (Fsp3) is 0.471. The second-order valence-electron chi connectivity index (χ2n) is 5.90. The van der Waals surface area contributed by atoms with Gasteiger partial charge in [-0.2, -0.15) is 0 Å². The molecule has 1 aliphatic rings. The third-order valence-corrected chi connectivity index (χ3v) is 4.28. The van der Waals surface area contributed by atoms with Crippen molar-refractivity contribution in [3.8, 4) is 0 Å². The summed E-state index contributed by atoms with van der Waals surface area (Å²) < 4.78 is 6.91. The van der Waals surface area contributed by atoms with Crippen molar-refractivity contribution in [3.05, 3.63) is 34.2 Å². The van der Waals surface area contributed by atoms with E-state index < -0.39 is 0 Å². The Balaban J connectivity index is 1.82. The first kappa shape index (κ1) is 17.2. The van der Waals surface area contributed by atoms with Crippen LogP contribution in [0.4, 0.5) is 0 Å². The van der Waals surface area contributed by atoms with Crippen molar-refractivity contribution in [2.75, 3.05) is 32.8 Å². The zero-order chi connectivity index (χ0) is 17.8. The number of hydrogen-bond donors (Lipinski definition) is 2. The molecule has 0 atom stereocenters. The van der Waals surface area contributed by atoms with Crippen LogP contribution < -0.4 is 11.0 Å². The van der Waals surface area contributed by atoms with Crippen LogP contribution in [0.15, 0.2) is 23.0 Å². The molecule has 0 spiro atoms. The molecule has 3 rings (SSSR count). The van der Waals surface area contributed by atoms with Gasteiger partial charge in [-0.25, -0.2) is 4.79 Å². The van der Waals surface area contributed by atoms with E-state index >= 15 is 0 Å². The minimum absolute atomic E-state index is 0.0403. The van der Waals surface area contributed by atoms with Gasteiger partial charge in [0, 0.05) is 38.2 Å². The SMILES string of the molecule is CCOCCn1c(=O)[nH]c2cc(C(=O)N3CCNC(=O)CC3)ccc21. The molecular formula is C17H22N4O4. The number of hydrogen-bond acceptors (Lipinski definition) is 4. The number of nitrogens with one attached hydrogen (secondary N) is 2. The molecule has 25 heavy (non-hydrogen) atoms. The quantitative estimate of drug-likeness (QED) is 0.763. The lowest BCUT2D eigenvalue weighted by Crippen LogP contribution is -2.34. The maximum absolute atomic E-state index is 12.7. The minimum atomic E-state index is -0.219. The zero-order valence-corrected chi connectivity index (χ0v) is 14.2. The summed E-state index contributed by atoms with van der Waals surface area (Å²) >= 11 is 0. The number of aromatic nitrogens is 2. The van der Waals surface area contributed by atoms with Crippen LogP contribution in [0.3, 0.4) is 0 Å². The molecule has 1 saturated heterocycles. The summed E-state index contributed by atoms with van der Waals surface area (Å²) in [4.78, 5) is 40.6. The first-order chi connectivity index (χ1) is 12.1. The van der Waals surface area contributed by atoms with Gasteiger partial charge in [0.2, 0.25) is 5.91 Å². The van der Waals surface area contributed by atoms with Gasteiger partial charge in [-0.1, -0.05) is 0 Å². The molecule has 1 fully saturated rings. The Bertz CT molecular complexity index is 839. The van der Waals surface area contributed by atoms with Gasteiger partial charge in [0.1, 0.15) is 0 Å². The van der Waals surface area contributed by atoms with Gasteiger partial charge in [-0.15, -0.1) is 0 Å². The normalized spacial score (nSPS) is 15.2. The summed E-state index contributed by atoms with van der Waals surface area (Å²) in [7, 11) is 0. The highest BCUT2D eigenvalue weighted by atomic mass is 16.5. The van der Waals surface area contributed by atoms with E-state index in [4.69, 9.17) is 4.74 Å². The number of ether oxygens (including phenoxy) is 1. The molecule has 0 bridgehead atoms. The third-order valence-electron chi connectivity index (χ3n) is 4.28. The number of H-pyrrole nitrogens is 1. The summed E-state index contributed by atoms with van der Waals surface area (Å²) in [5.74, 6) is -0.178. The molecule has 0 radical (unpaired) electrons. The number of aromatic amines is 1. The highest BCUT2D eigenvalue weighted by Crippen LogP contribution is 2.15. The van der Waals surface area contributed by atoms with Gasteiger partial charge in [0.15, 0.2) is 0 Å². The Hall–Kier alpha value is -2.61. The fourth-order valence-electron chi connectivity index (χ4n) is 2.97. The average Bonchev–Trinajstić information content (AvgIpc) is 2.76. The molecule has 134 valence electrons. The maximum Gasteiger partial charge on any atom is 0.326 e. The number of fused-ring (bicyclic) bond motifs is 1. The molecule has 8 heteroatoms. The van der Waals surface area contributed by atoms with Crippen molar-refractivity contribution in [2.24, 2.45) is 0 Å². The highest BCUT2D eigenvalue weighted by molar-refractivity contribution is 5.97. The largest absolute Gasteiger partial charge is 0.380 e. The van der Waals surface area contributed by atoms with Crippen LogP contribution in [0.2, 0.25) is 0 Å². The summed E-state index contributed by atoms with van der Waals surface area (Å²) in [6.07, 6.45) is 0.304. The number of nitrogens with zero attached hydrogens (tertiary/aromatic N) is 2. The number of rotatable bonds is 5. The lowest BCUT2D eigenvalue weighted by atomic mass is 10.1. The fourth-order valence-corrected chi connectivity index (χ4v) is 2.97. The zero-order valence-electron chi connectivity index (χ0n) is 14.2. The molecule has 0 saturated carbocycles. The monoisotopic (exact) mass is 346 g/mol. The van der Waals surface area contributed by atoms with Crippen LogP contribution in [0.25, 0.3) is 11.0 Å². The van der Waals surface area contributed by atoms with Gasteiger partial charge >= 0.3 is 5.69 Å². The van der Waals surface area contributed by atoms with Gasteiger partial charge in [-0.3, -0.25) is 14.2 Å². The Morgan fingerprint density at radius 1 is 1.28 bits per heavy atom. The third kappa shape index (κ3) is 3.74. The standard InChI is InChI=1S/C17H22N4O4/c1-2-25-10-9-21-14-4-3-12(11-13(14)19-17(21)24)16(23)20-7-5-15(22)18-6-8-20/h3-4,11H,2,5-10H2,1H3,(H,18,22)(H,19,24). The topological polar surface area (TPSA) is 96.4 Å². The molecule has 0 aliphatic carbocycles. The lowest BCUT2D eigenvalue weighted by molar-refractivity contribution is -0.120. The minimum Gasteiger partial charge on any atom is -0.380 e. The summed E-state index contributed by atoms with van der Waals surface area (Å²) in [6.45, 7) is 4.75. The van der Waals surface area contributed by atoms with Crippen LogP contribution in [-0.2, 0) is 16.1 Å². The molecule has 1 aromatic carbocycles. The van der Waals surface area contributed by atoms with E-state index in [9.17, 15) is 14.4 Å². The number of benzene rings is 1. The van der Waals surface area contributed by atoms with Crippen molar-refractivity contribution in [2.45, 2.75) is 19.9 Å². The van der Waals surface area contributed by atoms with Crippen LogP contribution in [-0.4, -0.2) is 59.1 Å². The molecule has 1 aromatic heterocycles. The van der Waals surface area contributed by atoms with Crippen molar-refractivity contribution < 1.29 is 14.3 Å². The first-order valence-electron chi connectivity index (χ1n) is 8.46. The Morgan fingerprint density at radius 2 is 2.12 bits per heavy atom. The van der Waals surface area contributed by atoms with Crippen LogP contribution >= 0.6 is 0 Å². The molecule has 2 heterocycles. The number of carbonyl (C=O) groups excluding carboxylic acids is 2. The van der Waals surface area contributed by atoms with Crippen LogP contribution in [0.5, 0.6) is 0 Å². The van der Waals surface area contributed by atoms with Crippen LogP contribution in [0.1, 0.15) is 23.7 Å². The lowest BCUT2D eigenvalue weighted by Gasteiger charge is -2.19. The van der Waals surface area contributed by atoms with Gasteiger partial charge in [0.05, 0.1) is 24.2 Å². The second kappa shape index (κ2) is 7.52. The predicted molar refractivity (Wildman–Crippen MR) is 92.6 cm³/mol. The Labute approximate surface area is 144 Å². The van der Waals surface area contributed by atoms with Crippen molar-refractivity contribution in [3.63, 3.8) is 0 Å². The van der Waals surface area contributed by atoms with E-state index in [-0.39, 0.29) is 17.5 Å². The molecular weight excluding hydrogens is 324 g/mol. The first-order valence-corrected chi connectivity index (χ1v) is 8.46. The smallest absolute Gasteiger partial charge is 0.326 e. The van der Waals surface area contributed by atoms with E-state index in [0.29, 0.717) is 56.9 Å². The number of amides is 2. The molecule has 2 N–H and O–H groups in total. The summed E-state index contributed by atoms with van der Waals surface area (Å²) in [6, 6.07) is 5.18. The van der Waals surface area contributed by atoms with E-state index in [0.717, 1.165) is 5.52 Å². The molecule has 8 nitrogen and oxygen atoms in total. The molecule has 2 aromatic rings. The predicted octanol–water partition coefficient (Wildman–Crippen LogP) is 0.328. The van der Waals surface area contributed by atoms with E-state index in [1.54, 1.807) is 27.7 Å². The average molecular weight is 346 g/mol. The second-order valence-corrected chi connectivity index (χ2v) is 5.90. The molecule has 1 aliphatic heterocycles. The van der Waals surface area contributed by atoms with Crippen molar-refractivity contribution in [1.82, 2.24) is 19.8 Å². The Morgan fingerprint density at radius 3 is 2.92 bits per heavy atom. The van der Waals surface area contributed by atoms with Gasteiger partial charge < -0.3 is 19.9 Å². The molecule has 0 unspecified atom stereocenters. The van der Waals surface area contributed by atoms with Crippen LogP contribution in [0, 0.1) is 0 Å². The summed E-state index contributed by atoms with van der Waals surface area (Å²) in [5.41, 5.74) is 1.65. The van der Waals surface area contributed by atoms with Gasteiger partial charge in [0.25, 0.3) is 5.91 Å². The highest BCUT2D eigenvalue weighted by Gasteiger charge is 2.20. The number of carbonyl (C=O) groups is 2. The van der Waals surface area contributed by atoms with E-state index in [1.807, 2.05) is 6.92 Å². The van der Waals surface area contributed by atoms with Gasteiger partial charge in [-0.05, 0) is 25.1 Å².